The Morgan fingerprint density at radius 3 is 2.64 bits per heavy atom. The summed E-state index contributed by atoms with van der Waals surface area (Å²) in [5.74, 6) is 1.11. The number of benzene rings is 1. The van der Waals surface area contributed by atoms with E-state index in [0.717, 1.165) is 25.0 Å². The SMILES string of the molecule is CCC1(CC)Cc2ccc(C)cc2O1. The zero-order valence-electron chi connectivity index (χ0n) is 9.26. The lowest BCUT2D eigenvalue weighted by Gasteiger charge is -2.25. The highest BCUT2D eigenvalue weighted by molar-refractivity contribution is 5.41. The Labute approximate surface area is 86.1 Å². The molecular formula is C13H18O. The molecule has 0 fully saturated rings. The smallest absolute Gasteiger partial charge is 0.123 e. The van der Waals surface area contributed by atoms with Gasteiger partial charge in [0, 0.05) is 6.42 Å². The van der Waals surface area contributed by atoms with Gasteiger partial charge >= 0.3 is 0 Å². The maximum Gasteiger partial charge on any atom is 0.123 e. The molecule has 1 aromatic carbocycles. The van der Waals surface area contributed by atoms with Crippen molar-refractivity contribution in [1.82, 2.24) is 0 Å². The van der Waals surface area contributed by atoms with Gasteiger partial charge in [0.15, 0.2) is 0 Å². The molecule has 0 aromatic heterocycles. The molecule has 1 heterocycles. The summed E-state index contributed by atoms with van der Waals surface area (Å²) in [6, 6.07) is 6.53. The lowest BCUT2D eigenvalue weighted by molar-refractivity contribution is 0.0857. The van der Waals surface area contributed by atoms with Gasteiger partial charge in [0.2, 0.25) is 0 Å². The summed E-state index contributed by atoms with van der Waals surface area (Å²) in [5, 5.41) is 0. The van der Waals surface area contributed by atoms with Crippen molar-refractivity contribution in [1.29, 1.82) is 0 Å². The fourth-order valence-electron chi connectivity index (χ4n) is 2.16. The van der Waals surface area contributed by atoms with Gasteiger partial charge in [0.25, 0.3) is 0 Å². The van der Waals surface area contributed by atoms with Gasteiger partial charge in [0.05, 0.1) is 0 Å². The van der Waals surface area contributed by atoms with E-state index in [9.17, 15) is 0 Å². The van der Waals surface area contributed by atoms with E-state index in [0.29, 0.717) is 0 Å². The van der Waals surface area contributed by atoms with Crippen LogP contribution in [0.3, 0.4) is 0 Å². The minimum absolute atomic E-state index is 0.0795. The Morgan fingerprint density at radius 1 is 1.29 bits per heavy atom. The van der Waals surface area contributed by atoms with Crippen LogP contribution in [0.1, 0.15) is 37.8 Å². The van der Waals surface area contributed by atoms with Crippen LogP contribution in [-0.2, 0) is 6.42 Å². The summed E-state index contributed by atoms with van der Waals surface area (Å²) in [6.07, 6.45) is 3.27. The van der Waals surface area contributed by atoms with Gasteiger partial charge in [-0.2, -0.15) is 0 Å². The van der Waals surface area contributed by atoms with Crippen LogP contribution in [0.25, 0.3) is 0 Å². The first-order valence-corrected chi connectivity index (χ1v) is 5.47. The molecule has 2 rings (SSSR count). The predicted octanol–water partition coefficient (Wildman–Crippen LogP) is 3.49. The molecule has 14 heavy (non-hydrogen) atoms. The quantitative estimate of drug-likeness (QED) is 0.693. The van der Waals surface area contributed by atoms with Gasteiger partial charge in [0.1, 0.15) is 11.4 Å². The molecule has 0 N–H and O–H groups in total. The second-order valence-electron chi connectivity index (χ2n) is 4.28. The number of hydrogen-bond acceptors (Lipinski definition) is 1. The zero-order chi connectivity index (χ0) is 10.2. The Balaban J connectivity index is 2.33. The van der Waals surface area contributed by atoms with Crippen LogP contribution < -0.4 is 4.74 Å². The van der Waals surface area contributed by atoms with Gasteiger partial charge in [-0.1, -0.05) is 26.0 Å². The van der Waals surface area contributed by atoms with E-state index < -0.39 is 0 Å². The average Bonchev–Trinajstić information content (AvgIpc) is 2.56. The normalized spacial score (nSPS) is 17.6. The van der Waals surface area contributed by atoms with E-state index >= 15 is 0 Å². The number of ether oxygens (including phenoxy) is 1. The van der Waals surface area contributed by atoms with Crippen LogP contribution in [0.2, 0.25) is 0 Å². The second-order valence-corrected chi connectivity index (χ2v) is 4.28. The Bertz CT molecular complexity index is 337. The lowest BCUT2D eigenvalue weighted by atomic mass is 9.92. The zero-order valence-corrected chi connectivity index (χ0v) is 9.26. The summed E-state index contributed by atoms with van der Waals surface area (Å²) in [7, 11) is 0. The third-order valence-electron chi connectivity index (χ3n) is 3.35. The number of hydrogen-bond donors (Lipinski definition) is 0. The van der Waals surface area contributed by atoms with E-state index in [1.165, 1.54) is 11.1 Å². The molecular weight excluding hydrogens is 172 g/mol. The van der Waals surface area contributed by atoms with Crippen molar-refractivity contribution in [3.8, 4) is 5.75 Å². The van der Waals surface area contributed by atoms with Gasteiger partial charge in [-0.25, -0.2) is 0 Å². The summed E-state index contributed by atoms with van der Waals surface area (Å²) in [4.78, 5) is 0. The molecule has 0 saturated heterocycles. The van der Waals surface area contributed by atoms with Crippen LogP contribution in [0.4, 0.5) is 0 Å². The molecule has 0 bridgehead atoms. The van der Waals surface area contributed by atoms with Crippen molar-refractivity contribution < 1.29 is 4.74 Å². The second kappa shape index (κ2) is 3.30. The van der Waals surface area contributed by atoms with Gasteiger partial charge in [-0.15, -0.1) is 0 Å². The van der Waals surface area contributed by atoms with Crippen molar-refractivity contribution in [2.24, 2.45) is 0 Å². The average molecular weight is 190 g/mol. The fraction of sp³-hybridized carbons (Fsp3) is 0.538. The van der Waals surface area contributed by atoms with Gasteiger partial charge in [-0.05, 0) is 37.0 Å². The first kappa shape index (κ1) is 9.57. The summed E-state index contributed by atoms with van der Waals surface area (Å²) < 4.78 is 6.07. The molecule has 1 aromatic rings. The van der Waals surface area contributed by atoms with Crippen LogP contribution in [-0.4, -0.2) is 5.60 Å². The molecule has 0 spiro atoms. The number of fused-ring (bicyclic) bond motifs is 1. The molecule has 1 heteroatoms. The third kappa shape index (κ3) is 1.41. The molecule has 0 saturated carbocycles. The standard InChI is InChI=1S/C13H18O/c1-4-13(5-2)9-11-7-6-10(3)8-12(11)14-13/h6-8H,4-5,9H2,1-3H3. The maximum absolute atomic E-state index is 6.07. The first-order chi connectivity index (χ1) is 6.69. The predicted molar refractivity (Wildman–Crippen MR) is 58.8 cm³/mol. The topological polar surface area (TPSA) is 9.23 Å². The molecule has 0 radical (unpaired) electrons. The van der Waals surface area contributed by atoms with Crippen molar-refractivity contribution in [2.75, 3.05) is 0 Å². The van der Waals surface area contributed by atoms with Crippen LogP contribution >= 0.6 is 0 Å². The number of rotatable bonds is 2. The first-order valence-electron chi connectivity index (χ1n) is 5.47. The highest BCUT2D eigenvalue weighted by Crippen LogP contribution is 2.39. The van der Waals surface area contributed by atoms with Crippen LogP contribution in [0.15, 0.2) is 18.2 Å². The van der Waals surface area contributed by atoms with Crippen molar-refractivity contribution in [2.45, 2.75) is 45.6 Å². The highest BCUT2D eigenvalue weighted by Gasteiger charge is 2.35. The Kier molecular flexibility index (Phi) is 2.26. The van der Waals surface area contributed by atoms with E-state index in [2.05, 4.69) is 39.0 Å². The summed E-state index contributed by atoms with van der Waals surface area (Å²) >= 11 is 0. The Morgan fingerprint density at radius 2 is 2.00 bits per heavy atom. The summed E-state index contributed by atoms with van der Waals surface area (Å²) in [6.45, 7) is 6.53. The highest BCUT2D eigenvalue weighted by atomic mass is 16.5. The molecule has 0 aliphatic carbocycles. The molecule has 1 aliphatic rings. The largest absolute Gasteiger partial charge is 0.487 e. The molecule has 1 aliphatic heterocycles. The number of aryl methyl sites for hydroxylation is 1. The Hall–Kier alpha value is -0.980. The van der Waals surface area contributed by atoms with E-state index in [1.54, 1.807) is 0 Å². The fourth-order valence-corrected chi connectivity index (χ4v) is 2.16. The van der Waals surface area contributed by atoms with Crippen LogP contribution in [0.5, 0.6) is 5.75 Å². The molecule has 0 atom stereocenters. The molecule has 0 amide bonds. The monoisotopic (exact) mass is 190 g/mol. The maximum atomic E-state index is 6.07. The molecule has 1 nitrogen and oxygen atoms in total. The van der Waals surface area contributed by atoms with Crippen molar-refractivity contribution >= 4 is 0 Å². The van der Waals surface area contributed by atoms with Crippen molar-refractivity contribution in [3.05, 3.63) is 29.3 Å². The van der Waals surface area contributed by atoms with E-state index in [-0.39, 0.29) is 5.60 Å². The van der Waals surface area contributed by atoms with Crippen LogP contribution in [0, 0.1) is 6.92 Å². The van der Waals surface area contributed by atoms with Gasteiger partial charge < -0.3 is 4.74 Å². The lowest BCUT2D eigenvalue weighted by Crippen LogP contribution is -2.32. The summed E-state index contributed by atoms with van der Waals surface area (Å²) in [5.41, 5.74) is 2.74. The van der Waals surface area contributed by atoms with E-state index in [1.807, 2.05) is 0 Å². The van der Waals surface area contributed by atoms with Gasteiger partial charge in [-0.3, -0.25) is 0 Å². The molecule has 76 valence electrons. The third-order valence-corrected chi connectivity index (χ3v) is 3.35. The minimum atomic E-state index is 0.0795. The van der Waals surface area contributed by atoms with Crippen molar-refractivity contribution in [3.63, 3.8) is 0 Å². The minimum Gasteiger partial charge on any atom is -0.487 e. The molecule has 0 unspecified atom stereocenters. The van der Waals surface area contributed by atoms with E-state index in [4.69, 9.17) is 4.74 Å².